The molecular formula is C17H31NO2. The van der Waals surface area contributed by atoms with Gasteiger partial charge in [0.2, 0.25) is 0 Å². The number of hydrogen-bond donors (Lipinski definition) is 1. The zero-order valence-corrected chi connectivity index (χ0v) is 13.9. The van der Waals surface area contributed by atoms with Gasteiger partial charge in [0.25, 0.3) is 0 Å². The highest BCUT2D eigenvalue weighted by atomic mass is 16.5. The lowest BCUT2D eigenvalue weighted by atomic mass is 9.81. The third-order valence-corrected chi connectivity index (χ3v) is 3.71. The summed E-state index contributed by atoms with van der Waals surface area (Å²) in [4.78, 5) is 4.81. The van der Waals surface area contributed by atoms with Gasteiger partial charge in [-0.25, -0.2) is 0 Å². The molecule has 0 aliphatic carbocycles. The zero-order valence-electron chi connectivity index (χ0n) is 13.9. The smallest absolute Gasteiger partial charge is 0.0649 e. The van der Waals surface area contributed by atoms with E-state index >= 15 is 0 Å². The fraction of sp³-hybridized carbons (Fsp3) is 0.706. The van der Waals surface area contributed by atoms with Crippen molar-refractivity contribution in [3.63, 3.8) is 0 Å². The van der Waals surface area contributed by atoms with E-state index in [0.717, 1.165) is 5.71 Å². The fourth-order valence-electron chi connectivity index (χ4n) is 2.43. The fourth-order valence-corrected chi connectivity index (χ4v) is 2.43. The Morgan fingerprint density at radius 1 is 1.25 bits per heavy atom. The van der Waals surface area contributed by atoms with Crippen molar-refractivity contribution in [3.05, 3.63) is 23.8 Å². The molecule has 0 aromatic rings. The first-order valence-electron chi connectivity index (χ1n) is 7.26. The van der Waals surface area contributed by atoms with E-state index in [1.165, 1.54) is 11.1 Å². The van der Waals surface area contributed by atoms with Crippen LogP contribution in [-0.2, 0) is 4.74 Å². The molecule has 0 saturated heterocycles. The van der Waals surface area contributed by atoms with E-state index in [-0.39, 0.29) is 24.5 Å². The van der Waals surface area contributed by atoms with Crippen molar-refractivity contribution >= 4 is 5.71 Å². The summed E-state index contributed by atoms with van der Waals surface area (Å²) in [6, 6.07) is 0.0690. The lowest BCUT2D eigenvalue weighted by molar-refractivity contribution is 0.144. The van der Waals surface area contributed by atoms with Crippen LogP contribution < -0.4 is 0 Å². The first-order valence-corrected chi connectivity index (χ1v) is 7.26. The van der Waals surface area contributed by atoms with Gasteiger partial charge in [-0.1, -0.05) is 17.2 Å². The first kappa shape index (κ1) is 19.1. The van der Waals surface area contributed by atoms with Gasteiger partial charge in [-0.15, -0.1) is 6.58 Å². The van der Waals surface area contributed by atoms with Gasteiger partial charge in [-0.2, -0.15) is 0 Å². The summed E-state index contributed by atoms with van der Waals surface area (Å²) in [6.07, 6.45) is 2.63. The van der Waals surface area contributed by atoms with Crippen LogP contribution in [0.1, 0.15) is 41.0 Å². The molecule has 0 aliphatic rings. The Bertz CT molecular complexity index is 350. The lowest BCUT2D eigenvalue weighted by Crippen LogP contribution is -2.32. The predicted molar refractivity (Wildman–Crippen MR) is 87.4 cm³/mol. The zero-order chi connectivity index (χ0) is 15.7. The molecule has 0 amide bonds. The Morgan fingerprint density at radius 2 is 1.85 bits per heavy atom. The molecule has 0 aliphatic heterocycles. The molecule has 0 aromatic carbocycles. The number of ether oxygens (including phenoxy) is 1. The average molecular weight is 281 g/mol. The van der Waals surface area contributed by atoms with Crippen LogP contribution in [-0.4, -0.2) is 37.2 Å². The van der Waals surface area contributed by atoms with Gasteiger partial charge in [0.1, 0.15) is 0 Å². The molecule has 0 heterocycles. The molecular weight excluding hydrogens is 250 g/mol. The van der Waals surface area contributed by atoms with E-state index in [9.17, 15) is 5.11 Å². The highest BCUT2D eigenvalue weighted by Crippen LogP contribution is 2.30. The number of hydrogen-bond acceptors (Lipinski definition) is 3. The molecule has 3 heteroatoms. The first-order chi connectivity index (χ1) is 9.38. The normalized spacial score (nSPS) is 15.2. The van der Waals surface area contributed by atoms with Crippen LogP contribution >= 0.6 is 0 Å². The van der Waals surface area contributed by atoms with Crippen molar-refractivity contribution < 1.29 is 9.84 Å². The number of rotatable bonds is 9. The molecule has 3 atom stereocenters. The Labute approximate surface area is 124 Å². The van der Waals surface area contributed by atoms with E-state index in [0.29, 0.717) is 13.0 Å². The van der Waals surface area contributed by atoms with Crippen molar-refractivity contribution in [1.82, 2.24) is 0 Å². The van der Waals surface area contributed by atoms with E-state index < -0.39 is 0 Å². The molecule has 0 aromatic heterocycles. The van der Waals surface area contributed by atoms with Gasteiger partial charge in [-0.05, 0) is 41.0 Å². The van der Waals surface area contributed by atoms with E-state index in [4.69, 9.17) is 9.73 Å². The van der Waals surface area contributed by atoms with Crippen LogP contribution in [0, 0.1) is 11.8 Å². The lowest BCUT2D eigenvalue weighted by Gasteiger charge is -2.31. The molecule has 3 nitrogen and oxygen atoms in total. The standard InChI is InChI=1S/C17H31NO2/c1-8-15(11-20-7)17(18-13(4)5)16(9-10-19)14(6)12(2)3/h8,15-17,19H,1,9-11H2,2-7H3. The summed E-state index contributed by atoms with van der Waals surface area (Å²) in [6.45, 7) is 15.1. The second kappa shape index (κ2) is 9.89. The van der Waals surface area contributed by atoms with Crippen molar-refractivity contribution in [2.24, 2.45) is 16.8 Å². The van der Waals surface area contributed by atoms with Gasteiger partial charge in [0.15, 0.2) is 0 Å². The van der Waals surface area contributed by atoms with Crippen molar-refractivity contribution in [3.8, 4) is 0 Å². The van der Waals surface area contributed by atoms with Crippen molar-refractivity contribution in [1.29, 1.82) is 0 Å². The quantitative estimate of drug-likeness (QED) is 0.518. The van der Waals surface area contributed by atoms with Crippen LogP contribution in [0.5, 0.6) is 0 Å². The Morgan fingerprint density at radius 3 is 2.20 bits per heavy atom. The van der Waals surface area contributed by atoms with Crippen LogP contribution in [0.15, 0.2) is 28.8 Å². The van der Waals surface area contributed by atoms with Gasteiger partial charge < -0.3 is 9.84 Å². The molecule has 0 saturated carbocycles. The minimum absolute atomic E-state index is 0.0690. The van der Waals surface area contributed by atoms with E-state index in [1.54, 1.807) is 7.11 Å². The summed E-state index contributed by atoms with van der Waals surface area (Å²) >= 11 is 0. The monoisotopic (exact) mass is 281 g/mol. The second-order valence-corrected chi connectivity index (χ2v) is 5.72. The molecule has 0 rings (SSSR count). The second-order valence-electron chi connectivity index (χ2n) is 5.72. The number of aliphatic hydroxyl groups excluding tert-OH is 1. The maximum absolute atomic E-state index is 9.41. The SMILES string of the molecule is C=CC(COC)C(N=C(C)C)C(CCO)C(C)=C(C)C. The molecule has 0 fully saturated rings. The Balaban J connectivity index is 5.58. The molecule has 0 bridgehead atoms. The molecule has 116 valence electrons. The van der Waals surface area contributed by atoms with Gasteiger partial charge in [0.05, 0.1) is 12.6 Å². The largest absolute Gasteiger partial charge is 0.396 e. The van der Waals surface area contributed by atoms with E-state index in [2.05, 4.69) is 27.4 Å². The van der Waals surface area contributed by atoms with Crippen molar-refractivity contribution in [2.75, 3.05) is 20.3 Å². The average Bonchev–Trinajstić information content (AvgIpc) is 2.39. The highest BCUT2D eigenvalue weighted by molar-refractivity contribution is 5.79. The molecule has 0 spiro atoms. The highest BCUT2D eigenvalue weighted by Gasteiger charge is 2.28. The van der Waals surface area contributed by atoms with Crippen LogP contribution in [0.25, 0.3) is 0 Å². The molecule has 0 radical (unpaired) electrons. The minimum atomic E-state index is 0.0690. The van der Waals surface area contributed by atoms with Crippen LogP contribution in [0.2, 0.25) is 0 Å². The number of aliphatic imine (C=N–C) groups is 1. The summed E-state index contributed by atoms with van der Waals surface area (Å²) in [5.41, 5.74) is 3.64. The number of aliphatic hydroxyl groups is 1. The maximum Gasteiger partial charge on any atom is 0.0649 e. The topological polar surface area (TPSA) is 41.8 Å². The Hall–Kier alpha value is -0.930. The molecule has 1 N–H and O–H groups in total. The summed E-state index contributed by atoms with van der Waals surface area (Å²) in [5, 5.41) is 9.41. The van der Waals surface area contributed by atoms with Gasteiger partial charge >= 0.3 is 0 Å². The van der Waals surface area contributed by atoms with Gasteiger partial charge in [0, 0.05) is 31.3 Å². The van der Waals surface area contributed by atoms with Crippen LogP contribution in [0.4, 0.5) is 0 Å². The molecule has 3 unspecified atom stereocenters. The summed E-state index contributed by atoms with van der Waals surface area (Å²) < 4.78 is 5.31. The summed E-state index contributed by atoms with van der Waals surface area (Å²) in [5.74, 6) is 0.374. The van der Waals surface area contributed by atoms with Gasteiger partial charge in [-0.3, -0.25) is 4.99 Å². The third kappa shape index (κ3) is 6.02. The molecule has 20 heavy (non-hydrogen) atoms. The number of allylic oxidation sites excluding steroid dienone is 1. The number of methoxy groups -OCH3 is 1. The number of nitrogens with zero attached hydrogens (tertiary/aromatic N) is 1. The minimum Gasteiger partial charge on any atom is -0.396 e. The van der Waals surface area contributed by atoms with Crippen molar-refractivity contribution in [2.45, 2.75) is 47.1 Å². The Kier molecular flexibility index (Phi) is 9.43. The predicted octanol–water partition coefficient (Wildman–Crippen LogP) is 3.64. The third-order valence-electron chi connectivity index (χ3n) is 3.71. The summed E-state index contributed by atoms with van der Waals surface area (Å²) in [7, 11) is 1.70. The van der Waals surface area contributed by atoms with Crippen LogP contribution in [0.3, 0.4) is 0 Å². The maximum atomic E-state index is 9.41. The van der Waals surface area contributed by atoms with E-state index in [1.807, 2.05) is 19.9 Å².